The molecule has 0 unspecified atom stereocenters. The molecule has 0 radical (unpaired) electrons. The van der Waals surface area contributed by atoms with Crippen molar-refractivity contribution in [2.24, 2.45) is 0 Å². The molecule has 0 atom stereocenters. The lowest BCUT2D eigenvalue weighted by Crippen LogP contribution is -2.10. The molecule has 2 rings (SSSR count). The Bertz CT molecular complexity index is 454. The van der Waals surface area contributed by atoms with E-state index in [1.165, 1.54) is 24.5 Å². The van der Waals surface area contributed by atoms with Gasteiger partial charge in [-0.15, -0.1) is 0 Å². The highest BCUT2D eigenvalue weighted by Crippen LogP contribution is 2.21. The Kier molecular flexibility index (Phi) is 3.58. The minimum absolute atomic E-state index is 0.0656. The Labute approximate surface area is 107 Å². The molecule has 0 fully saturated rings. The molecule has 0 aromatic heterocycles. The quantitative estimate of drug-likeness (QED) is 0.614. The lowest BCUT2D eigenvalue weighted by molar-refractivity contribution is 0.101. The first-order valence-electron chi connectivity index (χ1n) is 4.99. The predicted octanol–water partition coefficient (Wildman–Crippen LogP) is 3.31. The van der Waals surface area contributed by atoms with Gasteiger partial charge < -0.3 is 4.74 Å². The summed E-state index contributed by atoms with van der Waals surface area (Å²) in [6.07, 6.45) is 3.10. The van der Waals surface area contributed by atoms with E-state index < -0.39 is 0 Å². The normalized spacial score (nSPS) is 15.2. The average molecular weight is 332 g/mol. The molecule has 16 heavy (non-hydrogen) atoms. The van der Waals surface area contributed by atoms with E-state index in [1.54, 1.807) is 0 Å². The maximum Gasteiger partial charge on any atom is 0.193 e. The smallest absolute Gasteiger partial charge is 0.193 e. The number of halogens is 2. The molecule has 4 heteroatoms. The molecule has 0 spiro atoms. The van der Waals surface area contributed by atoms with Crippen LogP contribution in [0, 0.1) is 9.39 Å². The van der Waals surface area contributed by atoms with Crippen molar-refractivity contribution in [2.45, 2.75) is 12.8 Å². The minimum Gasteiger partial charge on any atom is -0.501 e. The van der Waals surface area contributed by atoms with Crippen molar-refractivity contribution in [1.29, 1.82) is 0 Å². The van der Waals surface area contributed by atoms with Crippen LogP contribution in [0.4, 0.5) is 4.39 Å². The van der Waals surface area contributed by atoms with E-state index in [2.05, 4.69) is 0 Å². The number of ketones is 1. The van der Waals surface area contributed by atoms with E-state index in [1.807, 2.05) is 22.6 Å². The zero-order valence-electron chi connectivity index (χ0n) is 8.50. The maximum absolute atomic E-state index is 12.9. The maximum atomic E-state index is 12.9. The van der Waals surface area contributed by atoms with E-state index in [9.17, 15) is 9.18 Å². The third-order valence-electron chi connectivity index (χ3n) is 2.40. The number of carbonyl (C=O) groups excluding carboxylic acids is 1. The van der Waals surface area contributed by atoms with Crippen molar-refractivity contribution < 1.29 is 13.9 Å². The molecule has 2 nitrogen and oxygen atoms in total. The summed E-state index contributed by atoms with van der Waals surface area (Å²) in [6.45, 7) is 0.664. The summed E-state index contributed by atoms with van der Waals surface area (Å²) in [4.78, 5) is 12.1. The molecule has 0 saturated carbocycles. The van der Waals surface area contributed by atoms with Crippen molar-refractivity contribution in [3.63, 3.8) is 0 Å². The van der Waals surface area contributed by atoms with Crippen molar-refractivity contribution in [3.05, 3.63) is 45.0 Å². The average Bonchev–Trinajstić information content (AvgIpc) is 2.29. The number of Topliss-reactive ketones (excluding diaryl/α,β-unsaturated/α-hetero) is 1. The third-order valence-corrected chi connectivity index (χ3v) is 3.29. The number of hydrogen-bond acceptors (Lipinski definition) is 2. The number of rotatable bonds is 2. The van der Waals surface area contributed by atoms with Crippen LogP contribution < -0.4 is 0 Å². The van der Waals surface area contributed by atoms with Gasteiger partial charge in [0.2, 0.25) is 0 Å². The Morgan fingerprint density at radius 3 is 2.88 bits per heavy atom. The van der Waals surface area contributed by atoms with Gasteiger partial charge in [0.05, 0.1) is 12.9 Å². The lowest BCUT2D eigenvalue weighted by Gasteiger charge is -2.13. The molecule has 0 saturated heterocycles. The van der Waals surface area contributed by atoms with Gasteiger partial charge in [-0.05, 0) is 53.6 Å². The summed E-state index contributed by atoms with van der Waals surface area (Å²) < 4.78 is 18.7. The largest absolute Gasteiger partial charge is 0.501 e. The summed E-state index contributed by atoms with van der Waals surface area (Å²) in [5, 5.41) is 0. The fraction of sp³-hybridized carbons (Fsp3) is 0.250. The first kappa shape index (κ1) is 11.6. The van der Waals surface area contributed by atoms with E-state index in [-0.39, 0.29) is 11.6 Å². The van der Waals surface area contributed by atoms with E-state index in [0.29, 0.717) is 21.3 Å². The van der Waals surface area contributed by atoms with E-state index in [0.717, 1.165) is 12.8 Å². The zero-order valence-corrected chi connectivity index (χ0v) is 10.7. The molecule has 84 valence electrons. The van der Waals surface area contributed by atoms with Gasteiger partial charge in [-0.1, -0.05) is 0 Å². The molecular weight excluding hydrogens is 322 g/mol. The second kappa shape index (κ2) is 4.95. The first-order chi connectivity index (χ1) is 7.68. The summed E-state index contributed by atoms with van der Waals surface area (Å²) in [6, 6.07) is 4.19. The SMILES string of the molecule is O=C(C1=COCCC1)c1ccc(F)cc1I. The third kappa shape index (κ3) is 2.42. The number of carbonyl (C=O) groups is 1. The molecule has 1 aromatic rings. The van der Waals surface area contributed by atoms with Crippen molar-refractivity contribution >= 4 is 28.4 Å². The molecule has 1 heterocycles. The van der Waals surface area contributed by atoms with Gasteiger partial charge in [0.25, 0.3) is 0 Å². The fourth-order valence-electron chi connectivity index (χ4n) is 1.58. The Hall–Kier alpha value is -0.910. The zero-order chi connectivity index (χ0) is 11.5. The number of ether oxygens (including phenoxy) is 1. The lowest BCUT2D eigenvalue weighted by atomic mass is 10.00. The van der Waals surface area contributed by atoms with Crippen LogP contribution in [0.3, 0.4) is 0 Å². The second-order valence-corrected chi connectivity index (χ2v) is 4.73. The summed E-state index contributed by atoms with van der Waals surface area (Å²) in [5.74, 6) is -0.390. The van der Waals surface area contributed by atoms with E-state index >= 15 is 0 Å². The van der Waals surface area contributed by atoms with Crippen LogP contribution in [0.15, 0.2) is 30.0 Å². The molecule has 1 aliphatic heterocycles. The summed E-state index contributed by atoms with van der Waals surface area (Å²) in [5.41, 5.74) is 1.20. The van der Waals surface area contributed by atoms with Crippen LogP contribution in [-0.4, -0.2) is 12.4 Å². The molecule has 1 aliphatic rings. The van der Waals surface area contributed by atoms with Gasteiger partial charge in [0, 0.05) is 14.7 Å². The van der Waals surface area contributed by atoms with Gasteiger partial charge in [-0.25, -0.2) is 4.39 Å². The van der Waals surface area contributed by atoms with Crippen molar-refractivity contribution in [3.8, 4) is 0 Å². The van der Waals surface area contributed by atoms with Crippen LogP contribution >= 0.6 is 22.6 Å². The van der Waals surface area contributed by atoms with Gasteiger partial charge >= 0.3 is 0 Å². The van der Waals surface area contributed by atoms with Gasteiger partial charge in [-0.3, -0.25) is 4.79 Å². The van der Waals surface area contributed by atoms with Crippen LogP contribution in [0.5, 0.6) is 0 Å². The topological polar surface area (TPSA) is 26.3 Å². The Morgan fingerprint density at radius 1 is 1.44 bits per heavy atom. The highest BCUT2D eigenvalue weighted by atomic mass is 127. The van der Waals surface area contributed by atoms with Gasteiger partial charge in [0.15, 0.2) is 5.78 Å². The molecule has 1 aromatic carbocycles. The Morgan fingerprint density at radius 2 is 2.25 bits per heavy atom. The van der Waals surface area contributed by atoms with Gasteiger partial charge in [-0.2, -0.15) is 0 Å². The highest BCUT2D eigenvalue weighted by Gasteiger charge is 2.17. The van der Waals surface area contributed by atoms with Crippen molar-refractivity contribution in [1.82, 2.24) is 0 Å². The number of hydrogen-bond donors (Lipinski definition) is 0. The number of allylic oxidation sites excluding steroid dienone is 1. The van der Waals surface area contributed by atoms with Crippen LogP contribution in [0.1, 0.15) is 23.2 Å². The molecular formula is C12H10FIO2. The molecule has 0 bridgehead atoms. The molecule has 0 aliphatic carbocycles. The predicted molar refractivity (Wildman–Crippen MR) is 66.7 cm³/mol. The number of benzene rings is 1. The summed E-state index contributed by atoms with van der Waals surface area (Å²) in [7, 11) is 0. The second-order valence-electron chi connectivity index (χ2n) is 3.57. The van der Waals surface area contributed by atoms with E-state index in [4.69, 9.17) is 4.74 Å². The van der Waals surface area contributed by atoms with Gasteiger partial charge in [0.1, 0.15) is 5.82 Å². The monoisotopic (exact) mass is 332 g/mol. The first-order valence-corrected chi connectivity index (χ1v) is 6.07. The highest BCUT2D eigenvalue weighted by molar-refractivity contribution is 14.1. The Balaban J connectivity index is 2.30. The summed E-state index contributed by atoms with van der Waals surface area (Å²) >= 11 is 1.97. The van der Waals surface area contributed by atoms with Crippen LogP contribution in [0.2, 0.25) is 0 Å². The fourth-order valence-corrected chi connectivity index (χ4v) is 2.30. The van der Waals surface area contributed by atoms with Crippen LogP contribution in [-0.2, 0) is 4.74 Å². The molecule has 0 N–H and O–H groups in total. The van der Waals surface area contributed by atoms with Crippen LogP contribution in [0.25, 0.3) is 0 Å². The molecule has 0 amide bonds. The standard InChI is InChI=1S/C12H10FIO2/c13-9-3-4-10(11(14)6-9)12(15)8-2-1-5-16-7-8/h3-4,6-7H,1-2,5H2. The minimum atomic E-state index is -0.324. The van der Waals surface area contributed by atoms with Crippen molar-refractivity contribution in [2.75, 3.05) is 6.61 Å².